The monoisotopic (exact) mass is 445 g/mol. The summed E-state index contributed by atoms with van der Waals surface area (Å²) in [6.07, 6.45) is -0.453. The van der Waals surface area contributed by atoms with E-state index in [-0.39, 0.29) is 12.5 Å². The van der Waals surface area contributed by atoms with Crippen LogP contribution in [0.4, 0.5) is 4.79 Å². The summed E-state index contributed by atoms with van der Waals surface area (Å²) in [6.45, 7) is 2.57. The predicted octanol–water partition coefficient (Wildman–Crippen LogP) is 5.65. The Morgan fingerprint density at radius 2 is 1.69 bits per heavy atom. The zero-order valence-electron chi connectivity index (χ0n) is 16.0. The molecule has 1 aliphatic carbocycles. The Balaban J connectivity index is 1.35. The molecule has 4 rings (SSSR count). The van der Waals surface area contributed by atoms with Crippen LogP contribution in [0.25, 0.3) is 11.1 Å². The van der Waals surface area contributed by atoms with Gasteiger partial charge in [-0.05, 0) is 46.9 Å². The van der Waals surface area contributed by atoms with Gasteiger partial charge in [-0.1, -0.05) is 82.4 Å². The molecule has 1 amide bonds. The van der Waals surface area contributed by atoms with Crippen LogP contribution in [0.5, 0.6) is 0 Å². The fourth-order valence-corrected chi connectivity index (χ4v) is 3.96. The van der Waals surface area contributed by atoms with Gasteiger partial charge < -0.3 is 10.1 Å². The number of nitrogens with one attached hydrogen (secondary N) is 1. The molecule has 0 radical (unpaired) electrons. The smallest absolute Gasteiger partial charge is 0.407 e. The molecule has 0 saturated heterocycles. The quantitative estimate of drug-likeness (QED) is 0.529. The van der Waals surface area contributed by atoms with E-state index in [0.29, 0.717) is 6.61 Å². The van der Waals surface area contributed by atoms with E-state index in [2.05, 4.69) is 57.4 Å². The first-order valence-electron chi connectivity index (χ1n) is 9.47. The Morgan fingerprint density at radius 1 is 1.03 bits per heavy atom. The number of alkyl carbamates (subject to hydrolysis) is 1. The van der Waals surface area contributed by atoms with E-state index in [4.69, 9.17) is 4.74 Å². The van der Waals surface area contributed by atoms with E-state index in [1.807, 2.05) is 49.4 Å². The summed E-state index contributed by atoms with van der Waals surface area (Å²) in [7, 11) is 0. The molecule has 4 heteroatoms. The second-order valence-corrected chi connectivity index (χ2v) is 7.80. The second-order valence-electron chi connectivity index (χ2n) is 6.94. The molecule has 3 aromatic carbocycles. The van der Waals surface area contributed by atoms with E-state index in [0.717, 1.165) is 15.6 Å². The lowest BCUT2D eigenvalue weighted by molar-refractivity contribution is 0.144. The van der Waals surface area contributed by atoms with Crippen LogP contribution in [0.3, 0.4) is 0 Å². The summed E-state index contributed by atoms with van der Waals surface area (Å²) in [5, 5.41) is 2.70. The van der Waals surface area contributed by atoms with Gasteiger partial charge in [0.15, 0.2) is 0 Å². The number of halogens is 1. The number of carbonyl (C=O) groups is 1. The van der Waals surface area contributed by atoms with Crippen LogP contribution in [0.1, 0.15) is 28.2 Å². The van der Waals surface area contributed by atoms with E-state index in [9.17, 15) is 4.79 Å². The highest BCUT2D eigenvalue weighted by Gasteiger charge is 2.28. The number of hydrogen-bond acceptors (Lipinski definition) is 2. The van der Waals surface area contributed by atoms with E-state index >= 15 is 0 Å². The zero-order valence-corrected chi connectivity index (χ0v) is 17.6. The van der Waals surface area contributed by atoms with E-state index in [1.54, 1.807) is 0 Å². The van der Waals surface area contributed by atoms with Gasteiger partial charge in [0.05, 0.1) is 6.54 Å². The first kappa shape index (κ1) is 19.3. The maximum absolute atomic E-state index is 12.1. The minimum Gasteiger partial charge on any atom is -0.449 e. The van der Waals surface area contributed by atoms with Crippen molar-refractivity contribution in [1.29, 1.82) is 0 Å². The van der Waals surface area contributed by atoms with Crippen molar-refractivity contribution >= 4 is 22.0 Å². The van der Waals surface area contributed by atoms with Crippen molar-refractivity contribution in [3.05, 3.63) is 93.5 Å². The van der Waals surface area contributed by atoms with Gasteiger partial charge >= 0.3 is 6.09 Å². The average Bonchev–Trinajstić information content (AvgIpc) is 3.06. The minimum atomic E-state index is -0.453. The summed E-state index contributed by atoms with van der Waals surface area (Å²) >= 11 is 3.50. The number of ether oxygens (including phenoxy) is 1. The maximum Gasteiger partial charge on any atom is 0.407 e. The number of hydrogen-bond donors (Lipinski definition) is 1. The van der Waals surface area contributed by atoms with Crippen LogP contribution < -0.4 is 5.32 Å². The lowest BCUT2D eigenvalue weighted by Gasteiger charge is -2.14. The summed E-state index contributed by atoms with van der Waals surface area (Å²) < 4.78 is 6.52. The van der Waals surface area contributed by atoms with Crippen molar-refractivity contribution in [3.63, 3.8) is 0 Å². The van der Waals surface area contributed by atoms with Gasteiger partial charge in [-0.15, -0.1) is 0 Å². The number of benzene rings is 3. The molecule has 29 heavy (non-hydrogen) atoms. The Kier molecular flexibility index (Phi) is 5.69. The van der Waals surface area contributed by atoms with Crippen molar-refractivity contribution < 1.29 is 9.53 Å². The third-order valence-electron chi connectivity index (χ3n) is 5.07. The van der Waals surface area contributed by atoms with Gasteiger partial charge in [-0.2, -0.15) is 0 Å². The van der Waals surface area contributed by atoms with Crippen molar-refractivity contribution in [2.24, 2.45) is 0 Å². The lowest BCUT2D eigenvalue weighted by Crippen LogP contribution is -2.26. The normalized spacial score (nSPS) is 11.8. The number of aryl methyl sites for hydroxylation is 1. The fourth-order valence-electron chi connectivity index (χ4n) is 3.58. The largest absolute Gasteiger partial charge is 0.449 e. The van der Waals surface area contributed by atoms with E-state index in [1.165, 1.54) is 22.3 Å². The highest BCUT2D eigenvalue weighted by atomic mass is 79.9. The van der Waals surface area contributed by atoms with Gasteiger partial charge in [0.25, 0.3) is 0 Å². The third kappa shape index (κ3) is 4.21. The number of fused-ring (bicyclic) bond motifs is 3. The fraction of sp³-hybridized carbons (Fsp3) is 0.160. The molecule has 0 atom stereocenters. The Morgan fingerprint density at radius 3 is 2.34 bits per heavy atom. The summed E-state index contributed by atoms with van der Waals surface area (Å²) in [4.78, 5) is 12.1. The van der Waals surface area contributed by atoms with Crippen LogP contribution in [0, 0.1) is 18.8 Å². The minimum absolute atomic E-state index is 0.0594. The topological polar surface area (TPSA) is 38.3 Å². The first-order valence-corrected chi connectivity index (χ1v) is 10.3. The predicted molar refractivity (Wildman–Crippen MR) is 119 cm³/mol. The molecule has 0 unspecified atom stereocenters. The van der Waals surface area contributed by atoms with Crippen molar-refractivity contribution in [2.45, 2.75) is 12.8 Å². The number of amides is 1. The molecular formula is C25H20BrNO2. The zero-order chi connectivity index (χ0) is 20.2. The molecule has 1 aliphatic rings. The van der Waals surface area contributed by atoms with Gasteiger partial charge in [-0.3, -0.25) is 0 Å². The molecule has 0 aromatic heterocycles. The molecule has 0 heterocycles. The molecule has 3 nitrogen and oxygen atoms in total. The average molecular weight is 446 g/mol. The highest BCUT2D eigenvalue weighted by molar-refractivity contribution is 9.10. The molecule has 0 saturated carbocycles. The van der Waals surface area contributed by atoms with Crippen molar-refractivity contribution in [2.75, 3.05) is 13.2 Å². The van der Waals surface area contributed by atoms with Gasteiger partial charge in [-0.25, -0.2) is 4.79 Å². The summed E-state index contributed by atoms with van der Waals surface area (Å²) in [5.41, 5.74) is 6.89. The first-order chi connectivity index (χ1) is 14.1. The molecule has 0 spiro atoms. The standard InChI is InChI=1S/C25H20BrNO2/c1-17-12-13-18(15-24(17)26)7-6-14-27-25(28)29-16-23-21-10-4-2-8-19(21)20-9-3-5-11-22(20)23/h2-5,8-13,15,23H,14,16H2,1H3,(H,27,28). The van der Waals surface area contributed by atoms with Crippen molar-refractivity contribution in [3.8, 4) is 23.0 Å². The number of rotatable bonds is 3. The van der Waals surface area contributed by atoms with Crippen LogP contribution in [0.2, 0.25) is 0 Å². The van der Waals surface area contributed by atoms with Crippen LogP contribution in [-0.4, -0.2) is 19.2 Å². The Bertz CT molecular complexity index is 1080. The Labute approximate surface area is 179 Å². The molecular weight excluding hydrogens is 426 g/mol. The highest BCUT2D eigenvalue weighted by Crippen LogP contribution is 2.44. The molecule has 1 N–H and O–H groups in total. The van der Waals surface area contributed by atoms with Crippen LogP contribution in [0.15, 0.2) is 71.2 Å². The molecule has 0 bridgehead atoms. The molecule has 144 valence electrons. The summed E-state index contributed by atoms with van der Waals surface area (Å²) in [5.74, 6) is 6.06. The summed E-state index contributed by atoms with van der Waals surface area (Å²) in [6, 6.07) is 22.5. The number of carbonyl (C=O) groups excluding carboxylic acids is 1. The molecule has 0 fully saturated rings. The molecule has 3 aromatic rings. The van der Waals surface area contributed by atoms with Crippen LogP contribution in [-0.2, 0) is 4.74 Å². The third-order valence-corrected chi connectivity index (χ3v) is 5.92. The maximum atomic E-state index is 12.1. The Hall–Kier alpha value is -3.03. The SMILES string of the molecule is Cc1ccc(C#CCNC(=O)OCC2c3ccccc3-c3ccccc32)cc1Br. The van der Waals surface area contributed by atoms with Gasteiger partial charge in [0, 0.05) is 16.0 Å². The lowest BCUT2D eigenvalue weighted by atomic mass is 9.98. The van der Waals surface area contributed by atoms with Crippen LogP contribution >= 0.6 is 15.9 Å². The van der Waals surface area contributed by atoms with Gasteiger partial charge in [0.1, 0.15) is 6.61 Å². The molecule has 0 aliphatic heterocycles. The van der Waals surface area contributed by atoms with Gasteiger partial charge in [0.2, 0.25) is 0 Å². The van der Waals surface area contributed by atoms with E-state index < -0.39 is 6.09 Å². The second kappa shape index (κ2) is 8.55. The van der Waals surface area contributed by atoms with Crippen molar-refractivity contribution in [1.82, 2.24) is 5.32 Å².